The Morgan fingerprint density at radius 1 is 1.32 bits per heavy atom. The molecular formula is C16H24N4O2. The van der Waals surface area contributed by atoms with Crippen molar-refractivity contribution < 1.29 is 9.59 Å². The van der Waals surface area contributed by atoms with Gasteiger partial charge >= 0.3 is 0 Å². The molecule has 0 spiro atoms. The molecule has 2 saturated heterocycles. The predicted octanol–water partition coefficient (Wildman–Crippen LogP) is 1.13. The monoisotopic (exact) mass is 304 g/mol. The number of carbonyl (C=O) groups is 2. The van der Waals surface area contributed by atoms with Gasteiger partial charge in [0, 0.05) is 44.9 Å². The summed E-state index contributed by atoms with van der Waals surface area (Å²) in [6.07, 6.45) is 8.09. The van der Waals surface area contributed by atoms with Crippen molar-refractivity contribution in [3.05, 3.63) is 18.5 Å². The molecule has 3 heterocycles. The van der Waals surface area contributed by atoms with E-state index in [1.165, 1.54) is 0 Å². The first-order valence-electron chi connectivity index (χ1n) is 8.17. The van der Waals surface area contributed by atoms with Crippen LogP contribution in [-0.2, 0) is 16.1 Å². The van der Waals surface area contributed by atoms with E-state index >= 15 is 0 Å². The molecule has 0 unspecified atom stereocenters. The van der Waals surface area contributed by atoms with Gasteiger partial charge in [-0.25, -0.2) is 0 Å². The van der Waals surface area contributed by atoms with E-state index in [2.05, 4.69) is 5.10 Å². The first kappa shape index (κ1) is 15.1. The van der Waals surface area contributed by atoms with Crippen LogP contribution in [0.1, 0.15) is 32.1 Å². The molecular weight excluding hydrogens is 280 g/mol. The van der Waals surface area contributed by atoms with Crippen LogP contribution in [0.2, 0.25) is 0 Å². The van der Waals surface area contributed by atoms with Crippen LogP contribution in [0.15, 0.2) is 18.5 Å². The van der Waals surface area contributed by atoms with Crippen molar-refractivity contribution in [1.29, 1.82) is 0 Å². The third-order valence-electron chi connectivity index (χ3n) is 4.88. The predicted molar refractivity (Wildman–Crippen MR) is 81.9 cm³/mol. The van der Waals surface area contributed by atoms with Crippen molar-refractivity contribution in [2.75, 3.05) is 20.1 Å². The van der Waals surface area contributed by atoms with E-state index in [1.807, 2.05) is 28.9 Å². The summed E-state index contributed by atoms with van der Waals surface area (Å²) in [4.78, 5) is 28.5. The highest BCUT2D eigenvalue weighted by Gasteiger charge is 2.35. The molecule has 2 aliphatic heterocycles. The molecule has 0 saturated carbocycles. The Morgan fingerprint density at radius 3 is 2.91 bits per heavy atom. The summed E-state index contributed by atoms with van der Waals surface area (Å²) in [6.45, 7) is 2.25. The quantitative estimate of drug-likeness (QED) is 0.841. The highest BCUT2D eigenvalue weighted by Crippen LogP contribution is 2.25. The van der Waals surface area contributed by atoms with Crippen LogP contribution in [0.4, 0.5) is 0 Å². The van der Waals surface area contributed by atoms with Crippen molar-refractivity contribution in [2.24, 2.45) is 5.92 Å². The number of hydrogen-bond acceptors (Lipinski definition) is 3. The summed E-state index contributed by atoms with van der Waals surface area (Å²) in [6, 6.07) is 2.11. The zero-order chi connectivity index (χ0) is 15.5. The van der Waals surface area contributed by atoms with Gasteiger partial charge in [-0.3, -0.25) is 14.3 Å². The Hall–Kier alpha value is -1.85. The molecule has 0 radical (unpaired) electrons. The molecule has 120 valence electrons. The van der Waals surface area contributed by atoms with E-state index in [4.69, 9.17) is 0 Å². The van der Waals surface area contributed by atoms with Crippen molar-refractivity contribution in [3.8, 4) is 0 Å². The van der Waals surface area contributed by atoms with Crippen LogP contribution in [0, 0.1) is 5.92 Å². The number of carbonyl (C=O) groups excluding carboxylic acids is 2. The number of aromatic nitrogens is 2. The molecule has 2 fully saturated rings. The first-order valence-corrected chi connectivity index (χ1v) is 8.17. The first-order chi connectivity index (χ1) is 10.6. The minimum Gasteiger partial charge on any atom is -0.346 e. The van der Waals surface area contributed by atoms with Crippen LogP contribution < -0.4 is 0 Å². The minimum atomic E-state index is -0.137. The summed E-state index contributed by atoms with van der Waals surface area (Å²) >= 11 is 0. The lowest BCUT2D eigenvalue weighted by Gasteiger charge is -2.39. The van der Waals surface area contributed by atoms with E-state index in [9.17, 15) is 9.59 Å². The second kappa shape index (κ2) is 6.50. The largest absolute Gasteiger partial charge is 0.346 e. The molecule has 2 aliphatic rings. The van der Waals surface area contributed by atoms with E-state index in [-0.39, 0.29) is 23.8 Å². The van der Waals surface area contributed by atoms with Gasteiger partial charge in [0.25, 0.3) is 0 Å². The fourth-order valence-electron chi connectivity index (χ4n) is 3.49. The second-order valence-corrected chi connectivity index (χ2v) is 6.41. The van der Waals surface area contributed by atoms with Crippen LogP contribution in [0.5, 0.6) is 0 Å². The lowest BCUT2D eigenvalue weighted by Crippen LogP contribution is -2.50. The van der Waals surface area contributed by atoms with E-state index < -0.39 is 0 Å². The fourth-order valence-corrected chi connectivity index (χ4v) is 3.49. The van der Waals surface area contributed by atoms with Gasteiger partial charge in [-0.2, -0.15) is 5.10 Å². The van der Waals surface area contributed by atoms with Gasteiger partial charge in [-0.05, 0) is 31.7 Å². The van der Waals surface area contributed by atoms with Crippen molar-refractivity contribution >= 4 is 11.8 Å². The summed E-state index contributed by atoms with van der Waals surface area (Å²) < 4.78 is 1.90. The van der Waals surface area contributed by atoms with Gasteiger partial charge in [0.15, 0.2) is 0 Å². The molecule has 1 aromatic rings. The molecule has 0 aliphatic carbocycles. The van der Waals surface area contributed by atoms with Gasteiger partial charge in [0.05, 0.1) is 12.6 Å². The molecule has 22 heavy (non-hydrogen) atoms. The number of piperidine rings is 2. The van der Waals surface area contributed by atoms with Crippen LogP contribution in [-0.4, -0.2) is 57.6 Å². The maximum absolute atomic E-state index is 12.9. The molecule has 3 rings (SSSR count). The van der Waals surface area contributed by atoms with Gasteiger partial charge in [-0.1, -0.05) is 0 Å². The lowest BCUT2D eigenvalue weighted by atomic mass is 9.92. The zero-order valence-corrected chi connectivity index (χ0v) is 13.1. The van der Waals surface area contributed by atoms with Gasteiger partial charge in [0.2, 0.25) is 11.8 Å². The Morgan fingerprint density at radius 2 is 2.18 bits per heavy atom. The second-order valence-electron chi connectivity index (χ2n) is 6.41. The SMILES string of the molecule is CN1CC[C@H](C(=O)N2CCCC[C@@H]2Cn2cccn2)CC1=O. The molecule has 0 N–H and O–H groups in total. The summed E-state index contributed by atoms with van der Waals surface area (Å²) in [5.41, 5.74) is 0. The Kier molecular flexibility index (Phi) is 4.45. The Balaban J connectivity index is 1.67. The van der Waals surface area contributed by atoms with Crippen LogP contribution >= 0.6 is 0 Å². The number of nitrogens with zero attached hydrogens (tertiary/aromatic N) is 4. The highest BCUT2D eigenvalue weighted by molar-refractivity contribution is 5.87. The summed E-state index contributed by atoms with van der Waals surface area (Å²) in [7, 11) is 1.81. The number of rotatable bonds is 3. The summed E-state index contributed by atoms with van der Waals surface area (Å²) in [5.74, 6) is 0.116. The molecule has 6 heteroatoms. The fraction of sp³-hybridized carbons (Fsp3) is 0.688. The average Bonchev–Trinajstić information content (AvgIpc) is 3.03. The lowest BCUT2D eigenvalue weighted by molar-refractivity contribution is -0.147. The minimum absolute atomic E-state index is 0.0882. The third-order valence-corrected chi connectivity index (χ3v) is 4.88. The average molecular weight is 304 g/mol. The van der Waals surface area contributed by atoms with Crippen molar-refractivity contribution in [3.63, 3.8) is 0 Å². The Bertz CT molecular complexity index is 528. The van der Waals surface area contributed by atoms with E-state index in [0.717, 1.165) is 38.8 Å². The summed E-state index contributed by atoms with van der Waals surface area (Å²) in [5, 5.41) is 4.26. The smallest absolute Gasteiger partial charge is 0.226 e. The standard InChI is InChI=1S/C16H24N4O2/c1-18-10-6-13(11-15(18)21)16(22)20-9-3-2-5-14(20)12-19-8-4-7-17-19/h4,7-8,13-14H,2-3,5-6,9-12H2,1H3/t13-,14+/m0/s1. The molecule has 2 amide bonds. The van der Waals surface area contributed by atoms with E-state index in [1.54, 1.807) is 11.1 Å². The van der Waals surface area contributed by atoms with Crippen molar-refractivity contribution in [2.45, 2.75) is 44.7 Å². The Labute approximate surface area is 131 Å². The van der Waals surface area contributed by atoms with E-state index in [0.29, 0.717) is 13.0 Å². The molecule has 1 aromatic heterocycles. The maximum atomic E-state index is 12.9. The van der Waals surface area contributed by atoms with Gasteiger partial charge < -0.3 is 9.80 Å². The van der Waals surface area contributed by atoms with Gasteiger partial charge in [0.1, 0.15) is 0 Å². The molecule has 0 bridgehead atoms. The number of likely N-dealkylation sites (tertiary alicyclic amines) is 2. The van der Waals surface area contributed by atoms with Gasteiger partial charge in [-0.15, -0.1) is 0 Å². The van der Waals surface area contributed by atoms with Crippen LogP contribution in [0.3, 0.4) is 0 Å². The molecule has 2 atom stereocenters. The highest BCUT2D eigenvalue weighted by atomic mass is 16.2. The third kappa shape index (κ3) is 3.15. The number of hydrogen-bond donors (Lipinski definition) is 0. The van der Waals surface area contributed by atoms with Crippen LogP contribution in [0.25, 0.3) is 0 Å². The zero-order valence-electron chi connectivity index (χ0n) is 13.1. The molecule has 0 aromatic carbocycles. The normalized spacial score (nSPS) is 26.3. The number of amides is 2. The maximum Gasteiger partial charge on any atom is 0.226 e. The topological polar surface area (TPSA) is 58.4 Å². The van der Waals surface area contributed by atoms with Crippen molar-refractivity contribution in [1.82, 2.24) is 19.6 Å². The molecule has 6 nitrogen and oxygen atoms in total.